The molecule has 0 aliphatic heterocycles. The second-order valence-electron chi connectivity index (χ2n) is 4.41. The molecule has 0 saturated heterocycles. The summed E-state index contributed by atoms with van der Waals surface area (Å²) in [7, 11) is 1.55. The Morgan fingerprint density at radius 1 is 1.33 bits per heavy atom. The second-order valence-corrected chi connectivity index (χ2v) is 4.41. The monoisotopic (exact) mass is 257 g/mol. The van der Waals surface area contributed by atoms with Gasteiger partial charge in [-0.25, -0.2) is 0 Å². The van der Waals surface area contributed by atoms with Crippen molar-refractivity contribution in [2.45, 2.75) is 25.3 Å². The zero-order valence-electron chi connectivity index (χ0n) is 10.4. The van der Waals surface area contributed by atoms with E-state index in [1.165, 1.54) is 4.90 Å². The van der Waals surface area contributed by atoms with Gasteiger partial charge in [-0.2, -0.15) is 0 Å². The molecule has 102 valence electrons. The minimum atomic E-state index is -0.910. The quantitative estimate of drug-likeness (QED) is 0.474. The Bertz CT molecular complexity index is 328. The summed E-state index contributed by atoms with van der Waals surface area (Å²) < 4.78 is 0. The Labute approximate surface area is 106 Å². The molecule has 0 aromatic carbocycles. The Morgan fingerprint density at radius 2 is 2.00 bits per heavy atom. The molecule has 1 rings (SSSR count). The molecule has 0 heterocycles. The van der Waals surface area contributed by atoms with Crippen molar-refractivity contribution in [2.75, 3.05) is 26.7 Å². The SMILES string of the molecule is CN(CC(=O)NC1CC1)C(=O)CNCCC(=O)O. The molecular weight excluding hydrogens is 238 g/mol. The fourth-order valence-electron chi connectivity index (χ4n) is 1.33. The summed E-state index contributed by atoms with van der Waals surface area (Å²) in [6, 6.07) is 0.287. The highest BCUT2D eigenvalue weighted by molar-refractivity contribution is 5.85. The number of carboxylic acid groups (broad SMARTS) is 1. The standard InChI is InChI=1S/C11H19N3O4/c1-14(7-9(15)13-8-2-3-8)10(16)6-12-5-4-11(17)18/h8,12H,2-7H2,1H3,(H,13,15)(H,17,18). The van der Waals surface area contributed by atoms with E-state index in [1.54, 1.807) is 7.05 Å². The summed E-state index contributed by atoms with van der Waals surface area (Å²) >= 11 is 0. The third kappa shape index (κ3) is 6.19. The van der Waals surface area contributed by atoms with Gasteiger partial charge in [0.2, 0.25) is 11.8 Å². The van der Waals surface area contributed by atoms with E-state index < -0.39 is 5.97 Å². The van der Waals surface area contributed by atoms with Gasteiger partial charge >= 0.3 is 5.97 Å². The minimum Gasteiger partial charge on any atom is -0.481 e. The van der Waals surface area contributed by atoms with Crippen LogP contribution in [0.4, 0.5) is 0 Å². The molecule has 3 N–H and O–H groups in total. The van der Waals surface area contributed by atoms with Gasteiger partial charge in [0.15, 0.2) is 0 Å². The molecule has 7 heteroatoms. The first-order chi connectivity index (χ1) is 8.49. The molecule has 0 spiro atoms. The maximum atomic E-state index is 11.6. The van der Waals surface area contributed by atoms with Gasteiger partial charge in [0.1, 0.15) is 0 Å². The number of hydrogen-bond acceptors (Lipinski definition) is 4. The molecule has 0 aromatic rings. The molecule has 0 atom stereocenters. The Morgan fingerprint density at radius 3 is 2.56 bits per heavy atom. The number of carbonyl (C=O) groups is 3. The summed E-state index contributed by atoms with van der Waals surface area (Å²) in [5.74, 6) is -1.29. The van der Waals surface area contributed by atoms with Crippen molar-refractivity contribution in [1.82, 2.24) is 15.5 Å². The summed E-state index contributed by atoms with van der Waals surface area (Å²) in [5, 5.41) is 13.9. The highest BCUT2D eigenvalue weighted by Crippen LogP contribution is 2.18. The van der Waals surface area contributed by atoms with Crippen LogP contribution in [0.1, 0.15) is 19.3 Å². The number of hydrogen-bond donors (Lipinski definition) is 3. The van der Waals surface area contributed by atoms with E-state index in [9.17, 15) is 14.4 Å². The molecule has 2 amide bonds. The van der Waals surface area contributed by atoms with Crippen LogP contribution in [-0.4, -0.2) is 60.5 Å². The molecule has 0 radical (unpaired) electrons. The van der Waals surface area contributed by atoms with Crippen molar-refractivity contribution in [3.63, 3.8) is 0 Å². The van der Waals surface area contributed by atoms with E-state index in [1.807, 2.05) is 0 Å². The largest absolute Gasteiger partial charge is 0.481 e. The van der Waals surface area contributed by atoms with Gasteiger partial charge in [-0.05, 0) is 12.8 Å². The van der Waals surface area contributed by atoms with Crippen LogP contribution in [0.5, 0.6) is 0 Å². The Balaban J connectivity index is 2.11. The maximum absolute atomic E-state index is 11.6. The van der Waals surface area contributed by atoms with E-state index in [0.717, 1.165) is 12.8 Å². The summed E-state index contributed by atoms with van der Waals surface area (Å²) in [6.45, 7) is 0.319. The predicted molar refractivity (Wildman–Crippen MR) is 63.9 cm³/mol. The molecule has 1 saturated carbocycles. The lowest BCUT2D eigenvalue weighted by molar-refractivity contribution is -0.137. The molecule has 7 nitrogen and oxygen atoms in total. The molecule has 0 aromatic heterocycles. The fraction of sp³-hybridized carbons (Fsp3) is 0.727. The molecule has 0 bridgehead atoms. The van der Waals surface area contributed by atoms with E-state index in [-0.39, 0.29) is 43.9 Å². The first kappa shape index (κ1) is 14.4. The van der Waals surface area contributed by atoms with Crippen LogP contribution >= 0.6 is 0 Å². The first-order valence-electron chi connectivity index (χ1n) is 5.95. The summed E-state index contributed by atoms with van der Waals surface area (Å²) in [5.41, 5.74) is 0. The zero-order chi connectivity index (χ0) is 13.5. The van der Waals surface area contributed by atoms with E-state index in [4.69, 9.17) is 5.11 Å². The number of likely N-dealkylation sites (N-methyl/N-ethyl adjacent to an activating group) is 1. The molecular formula is C11H19N3O4. The van der Waals surface area contributed by atoms with Gasteiger partial charge in [0, 0.05) is 19.6 Å². The fourth-order valence-corrected chi connectivity index (χ4v) is 1.33. The van der Waals surface area contributed by atoms with Gasteiger partial charge in [-0.3, -0.25) is 14.4 Å². The highest BCUT2D eigenvalue weighted by atomic mass is 16.4. The Hall–Kier alpha value is -1.63. The Kier molecular flexibility index (Phi) is 5.57. The third-order valence-corrected chi connectivity index (χ3v) is 2.54. The van der Waals surface area contributed by atoms with Gasteiger partial charge in [0.25, 0.3) is 0 Å². The van der Waals surface area contributed by atoms with Crippen LogP contribution in [0.15, 0.2) is 0 Å². The number of aliphatic carboxylic acids is 1. The van der Waals surface area contributed by atoms with Gasteiger partial charge in [-0.15, -0.1) is 0 Å². The van der Waals surface area contributed by atoms with Crippen molar-refractivity contribution >= 4 is 17.8 Å². The molecule has 18 heavy (non-hydrogen) atoms. The number of rotatable bonds is 8. The van der Waals surface area contributed by atoms with Crippen LogP contribution in [0, 0.1) is 0 Å². The zero-order valence-corrected chi connectivity index (χ0v) is 10.4. The van der Waals surface area contributed by atoms with Crippen molar-refractivity contribution < 1.29 is 19.5 Å². The summed E-state index contributed by atoms with van der Waals surface area (Å²) in [4.78, 5) is 34.6. The van der Waals surface area contributed by atoms with Crippen molar-refractivity contribution in [3.05, 3.63) is 0 Å². The number of nitrogens with zero attached hydrogens (tertiary/aromatic N) is 1. The molecule has 1 aliphatic carbocycles. The smallest absolute Gasteiger partial charge is 0.304 e. The topological polar surface area (TPSA) is 98.7 Å². The molecule has 1 aliphatic rings. The average Bonchev–Trinajstić information content (AvgIpc) is 3.07. The van der Waals surface area contributed by atoms with E-state index in [2.05, 4.69) is 10.6 Å². The van der Waals surface area contributed by atoms with Gasteiger partial charge < -0.3 is 20.6 Å². The average molecular weight is 257 g/mol. The van der Waals surface area contributed by atoms with Crippen molar-refractivity contribution in [2.24, 2.45) is 0 Å². The number of carboxylic acids is 1. The number of nitrogens with one attached hydrogen (secondary N) is 2. The van der Waals surface area contributed by atoms with Crippen LogP contribution < -0.4 is 10.6 Å². The molecule has 1 fully saturated rings. The molecule has 0 unspecified atom stereocenters. The minimum absolute atomic E-state index is 0.0286. The summed E-state index contributed by atoms with van der Waals surface area (Å²) in [6.07, 6.45) is 2.00. The lowest BCUT2D eigenvalue weighted by atomic mass is 10.4. The lowest BCUT2D eigenvalue weighted by Crippen LogP contribution is -2.42. The maximum Gasteiger partial charge on any atom is 0.304 e. The van der Waals surface area contributed by atoms with Crippen LogP contribution in [-0.2, 0) is 14.4 Å². The van der Waals surface area contributed by atoms with E-state index >= 15 is 0 Å². The highest BCUT2D eigenvalue weighted by Gasteiger charge is 2.24. The van der Waals surface area contributed by atoms with Gasteiger partial charge in [-0.1, -0.05) is 0 Å². The van der Waals surface area contributed by atoms with Gasteiger partial charge in [0.05, 0.1) is 19.5 Å². The first-order valence-corrected chi connectivity index (χ1v) is 5.95. The lowest BCUT2D eigenvalue weighted by Gasteiger charge is -2.16. The predicted octanol–water partition coefficient (Wildman–Crippen LogP) is -1.21. The van der Waals surface area contributed by atoms with Crippen LogP contribution in [0.2, 0.25) is 0 Å². The second kappa shape index (κ2) is 6.95. The number of amides is 2. The van der Waals surface area contributed by atoms with Crippen molar-refractivity contribution in [3.8, 4) is 0 Å². The third-order valence-electron chi connectivity index (χ3n) is 2.54. The number of carbonyl (C=O) groups excluding carboxylic acids is 2. The van der Waals surface area contributed by atoms with E-state index in [0.29, 0.717) is 0 Å². The van der Waals surface area contributed by atoms with Crippen LogP contribution in [0.25, 0.3) is 0 Å². The normalized spacial score (nSPS) is 14.1. The van der Waals surface area contributed by atoms with Crippen molar-refractivity contribution in [1.29, 1.82) is 0 Å². The van der Waals surface area contributed by atoms with Crippen LogP contribution in [0.3, 0.4) is 0 Å².